The van der Waals surface area contributed by atoms with Gasteiger partial charge in [0.05, 0.1) is 21.1 Å². The van der Waals surface area contributed by atoms with Crippen LogP contribution >= 0.6 is 23.2 Å². The average molecular weight is 336 g/mol. The SMILES string of the molecule is Cn1c(=O)[nH]c2cc(NC(=O)c3ccc(Cl)c(Cl)c3)ccc21. The van der Waals surface area contributed by atoms with E-state index in [1.54, 1.807) is 37.4 Å². The number of amides is 1. The van der Waals surface area contributed by atoms with Crippen molar-refractivity contribution >= 4 is 45.8 Å². The van der Waals surface area contributed by atoms with Gasteiger partial charge in [-0.3, -0.25) is 9.36 Å². The molecule has 0 aliphatic rings. The Morgan fingerprint density at radius 1 is 1.14 bits per heavy atom. The first-order valence-electron chi connectivity index (χ1n) is 6.41. The van der Waals surface area contributed by atoms with Crippen LogP contribution in [-0.4, -0.2) is 15.5 Å². The Morgan fingerprint density at radius 2 is 1.91 bits per heavy atom. The van der Waals surface area contributed by atoms with Crippen molar-refractivity contribution in [3.05, 3.63) is 62.5 Å². The van der Waals surface area contributed by atoms with E-state index >= 15 is 0 Å². The van der Waals surface area contributed by atoms with E-state index in [2.05, 4.69) is 10.3 Å². The van der Waals surface area contributed by atoms with E-state index in [0.717, 1.165) is 5.52 Å². The third kappa shape index (κ3) is 2.61. The number of carbonyl (C=O) groups is 1. The van der Waals surface area contributed by atoms with Crippen molar-refractivity contribution in [1.29, 1.82) is 0 Å². The fourth-order valence-corrected chi connectivity index (χ4v) is 2.45. The van der Waals surface area contributed by atoms with E-state index < -0.39 is 0 Å². The summed E-state index contributed by atoms with van der Waals surface area (Å²) in [4.78, 5) is 26.5. The number of nitrogens with one attached hydrogen (secondary N) is 2. The van der Waals surface area contributed by atoms with Crippen LogP contribution in [0.5, 0.6) is 0 Å². The maximum absolute atomic E-state index is 12.2. The first-order valence-corrected chi connectivity index (χ1v) is 7.16. The molecule has 112 valence electrons. The van der Waals surface area contributed by atoms with Crippen LogP contribution in [-0.2, 0) is 7.05 Å². The molecule has 22 heavy (non-hydrogen) atoms. The molecule has 2 N–H and O–H groups in total. The van der Waals surface area contributed by atoms with Crippen molar-refractivity contribution in [2.24, 2.45) is 7.05 Å². The Hall–Kier alpha value is -2.24. The van der Waals surface area contributed by atoms with Gasteiger partial charge in [-0.1, -0.05) is 23.2 Å². The van der Waals surface area contributed by atoms with Gasteiger partial charge in [-0.15, -0.1) is 0 Å². The minimum absolute atomic E-state index is 0.206. The summed E-state index contributed by atoms with van der Waals surface area (Å²) >= 11 is 11.7. The van der Waals surface area contributed by atoms with Gasteiger partial charge in [0.2, 0.25) is 0 Å². The van der Waals surface area contributed by atoms with E-state index in [1.165, 1.54) is 10.6 Å². The van der Waals surface area contributed by atoms with E-state index in [9.17, 15) is 9.59 Å². The predicted molar refractivity (Wildman–Crippen MR) is 88.0 cm³/mol. The van der Waals surface area contributed by atoms with Gasteiger partial charge in [-0.25, -0.2) is 4.79 Å². The Bertz CT molecular complexity index is 944. The van der Waals surface area contributed by atoms with E-state index in [1.807, 2.05) is 0 Å². The first kappa shape index (κ1) is 14.7. The quantitative estimate of drug-likeness (QED) is 0.753. The molecule has 0 fully saturated rings. The van der Waals surface area contributed by atoms with Crippen molar-refractivity contribution in [2.45, 2.75) is 0 Å². The van der Waals surface area contributed by atoms with E-state index in [-0.39, 0.29) is 11.6 Å². The predicted octanol–water partition coefficient (Wildman–Crippen LogP) is 3.43. The highest BCUT2D eigenvalue weighted by Gasteiger charge is 2.10. The zero-order valence-electron chi connectivity index (χ0n) is 11.5. The molecule has 2 aromatic carbocycles. The molecule has 7 heteroatoms. The second kappa shape index (κ2) is 5.51. The van der Waals surface area contributed by atoms with Gasteiger partial charge in [0.15, 0.2) is 0 Å². The summed E-state index contributed by atoms with van der Waals surface area (Å²) in [5, 5.41) is 3.46. The molecule has 0 saturated heterocycles. The van der Waals surface area contributed by atoms with Gasteiger partial charge >= 0.3 is 5.69 Å². The highest BCUT2D eigenvalue weighted by Crippen LogP contribution is 2.23. The Kier molecular flexibility index (Phi) is 3.68. The number of halogens is 2. The molecular formula is C15H11Cl2N3O2. The van der Waals surface area contributed by atoms with Crippen molar-refractivity contribution in [3.63, 3.8) is 0 Å². The minimum Gasteiger partial charge on any atom is -0.322 e. The second-order valence-corrected chi connectivity index (χ2v) is 5.62. The lowest BCUT2D eigenvalue weighted by molar-refractivity contribution is 0.102. The zero-order valence-corrected chi connectivity index (χ0v) is 13.0. The van der Waals surface area contributed by atoms with Crippen LogP contribution in [0.2, 0.25) is 10.0 Å². The van der Waals surface area contributed by atoms with Gasteiger partial charge in [-0.2, -0.15) is 0 Å². The summed E-state index contributed by atoms with van der Waals surface area (Å²) in [5.74, 6) is -0.309. The number of benzene rings is 2. The number of aromatic amines is 1. The number of fused-ring (bicyclic) bond motifs is 1. The van der Waals surface area contributed by atoms with Gasteiger partial charge in [0, 0.05) is 18.3 Å². The zero-order chi connectivity index (χ0) is 15.9. The Labute approximate surface area is 135 Å². The molecule has 1 heterocycles. The maximum Gasteiger partial charge on any atom is 0.326 e. The molecule has 5 nitrogen and oxygen atoms in total. The molecule has 3 aromatic rings. The molecule has 0 atom stereocenters. The average Bonchev–Trinajstić information content (AvgIpc) is 2.76. The van der Waals surface area contributed by atoms with E-state index in [0.29, 0.717) is 26.8 Å². The van der Waals surface area contributed by atoms with Crippen LogP contribution in [0.15, 0.2) is 41.2 Å². The molecule has 0 saturated carbocycles. The maximum atomic E-state index is 12.2. The van der Waals surface area contributed by atoms with Crippen LogP contribution in [0, 0.1) is 0 Å². The van der Waals surface area contributed by atoms with E-state index in [4.69, 9.17) is 23.2 Å². The van der Waals surface area contributed by atoms with Crippen LogP contribution in [0.25, 0.3) is 11.0 Å². The number of rotatable bonds is 2. The smallest absolute Gasteiger partial charge is 0.322 e. The molecule has 1 aromatic heterocycles. The molecule has 1 amide bonds. The topological polar surface area (TPSA) is 66.9 Å². The molecule has 0 aliphatic heterocycles. The monoisotopic (exact) mass is 335 g/mol. The number of H-pyrrole nitrogens is 1. The Balaban J connectivity index is 1.90. The lowest BCUT2D eigenvalue weighted by atomic mass is 10.2. The van der Waals surface area contributed by atoms with Crippen molar-refractivity contribution < 1.29 is 4.79 Å². The number of aromatic nitrogens is 2. The van der Waals surface area contributed by atoms with Crippen LogP contribution in [0.1, 0.15) is 10.4 Å². The highest BCUT2D eigenvalue weighted by atomic mass is 35.5. The van der Waals surface area contributed by atoms with Gasteiger partial charge in [0.25, 0.3) is 5.91 Å². The summed E-state index contributed by atoms with van der Waals surface area (Å²) in [6, 6.07) is 9.85. The summed E-state index contributed by atoms with van der Waals surface area (Å²) < 4.78 is 1.50. The molecular weight excluding hydrogens is 325 g/mol. The van der Waals surface area contributed by atoms with Gasteiger partial charge < -0.3 is 10.3 Å². The number of nitrogens with zero attached hydrogens (tertiary/aromatic N) is 1. The molecule has 0 unspecified atom stereocenters. The molecule has 0 aliphatic carbocycles. The lowest BCUT2D eigenvalue weighted by Crippen LogP contribution is -2.11. The lowest BCUT2D eigenvalue weighted by Gasteiger charge is -2.06. The summed E-state index contributed by atoms with van der Waals surface area (Å²) in [6.45, 7) is 0. The Morgan fingerprint density at radius 3 is 2.64 bits per heavy atom. The summed E-state index contributed by atoms with van der Waals surface area (Å²) in [5.41, 5.74) is 2.18. The van der Waals surface area contributed by atoms with Crippen LogP contribution in [0.3, 0.4) is 0 Å². The van der Waals surface area contributed by atoms with Gasteiger partial charge in [-0.05, 0) is 36.4 Å². The standard InChI is InChI=1S/C15H11Cl2N3O2/c1-20-13-5-3-9(7-12(13)19-15(20)22)18-14(21)8-2-4-10(16)11(17)6-8/h2-7H,1H3,(H,18,21)(H,19,22). The fraction of sp³-hybridized carbons (Fsp3) is 0.0667. The number of aryl methyl sites for hydroxylation is 1. The third-order valence-corrected chi connectivity index (χ3v) is 4.08. The van der Waals surface area contributed by atoms with Crippen LogP contribution < -0.4 is 11.0 Å². The normalized spacial score (nSPS) is 10.9. The molecule has 3 rings (SSSR count). The van der Waals surface area contributed by atoms with Crippen molar-refractivity contribution in [3.8, 4) is 0 Å². The second-order valence-electron chi connectivity index (χ2n) is 4.80. The fourth-order valence-electron chi connectivity index (χ4n) is 2.16. The number of carbonyl (C=O) groups excluding carboxylic acids is 1. The van der Waals surface area contributed by atoms with Crippen LogP contribution in [0.4, 0.5) is 5.69 Å². The molecule has 0 spiro atoms. The number of anilines is 1. The molecule has 0 radical (unpaired) electrons. The third-order valence-electron chi connectivity index (χ3n) is 3.34. The van der Waals surface area contributed by atoms with Crippen molar-refractivity contribution in [2.75, 3.05) is 5.32 Å². The number of imidazole rings is 1. The summed E-state index contributed by atoms with van der Waals surface area (Å²) in [7, 11) is 1.68. The summed E-state index contributed by atoms with van der Waals surface area (Å²) in [6.07, 6.45) is 0. The minimum atomic E-state index is -0.309. The first-order chi connectivity index (χ1) is 10.5. The van der Waals surface area contributed by atoms with Crippen molar-refractivity contribution in [1.82, 2.24) is 9.55 Å². The largest absolute Gasteiger partial charge is 0.326 e. The van der Waals surface area contributed by atoms with Gasteiger partial charge in [0.1, 0.15) is 0 Å². The highest BCUT2D eigenvalue weighted by molar-refractivity contribution is 6.42. The number of hydrogen-bond donors (Lipinski definition) is 2. The molecule has 0 bridgehead atoms. The number of hydrogen-bond acceptors (Lipinski definition) is 2.